The molecule has 1 unspecified atom stereocenters. The Bertz CT molecular complexity index is 445. The third-order valence-electron chi connectivity index (χ3n) is 2.75. The Morgan fingerprint density at radius 2 is 2.38 bits per heavy atom. The minimum absolute atomic E-state index is 0.155. The predicted octanol–water partition coefficient (Wildman–Crippen LogP) is 1.88. The summed E-state index contributed by atoms with van der Waals surface area (Å²) in [7, 11) is 3.90. The standard InChI is InChI=1S/C12H17N3O/c1-4-11-10(7-15(3)14-11)12(13-2)9-5-6-16-8-9/h5-8,12-13H,4H2,1-3H3. The molecule has 2 aromatic heterocycles. The van der Waals surface area contributed by atoms with E-state index >= 15 is 0 Å². The van der Waals surface area contributed by atoms with Crippen molar-refractivity contribution in [3.8, 4) is 0 Å². The van der Waals surface area contributed by atoms with Gasteiger partial charge in [0.25, 0.3) is 0 Å². The molecule has 0 bridgehead atoms. The maximum absolute atomic E-state index is 5.13. The molecule has 0 aliphatic carbocycles. The van der Waals surface area contributed by atoms with Crippen LogP contribution in [-0.2, 0) is 13.5 Å². The molecule has 0 aliphatic rings. The highest BCUT2D eigenvalue weighted by atomic mass is 16.3. The number of aryl methyl sites for hydroxylation is 2. The van der Waals surface area contributed by atoms with Crippen LogP contribution in [0.3, 0.4) is 0 Å². The zero-order chi connectivity index (χ0) is 11.5. The molecule has 0 saturated carbocycles. The summed E-state index contributed by atoms with van der Waals surface area (Å²) in [5.41, 5.74) is 3.47. The molecule has 4 heteroatoms. The van der Waals surface area contributed by atoms with Gasteiger partial charge in [-0.05, 0) is 19.5 Å². The van der Waals surface area contributed by atoms with E-state index < -0.39 is 0 Å². The lowest BCUT2D eigenvalue weighted by atomic mass is 10.0. The first-order valence-corrected chi connectivity index (χ1v) is 5.48. The van der Waals surface area contributed by atoms with Gasteiger partial charge in [0.15, 0.2) is 0 Å². The van der Waals surface area contributed by atoms with Crippen molar-refractivity contribution < 1.29 is 4.42 Å². The first-order chi connectivity index (χ1) is 7.76. The topological polar surface area (TPSA) is 43.0 Å². The van der Waals surface area contributed by atoms with E-state index in [4.69, 9.17) is 4.42 Å². The van der Waals surface area contributed by atoms with Crippen molar-refractivity contribution in [1.82, 2.24) is 15.1 Å². The van der Waals surface area contributed by atoms with Crippen LogP contribution < -0.4 is 5.32 Å². The Kier molecular flexibility index (Phi) is 3.10. The zero-order valence-corrected chi connectivity index (χ0v) is 9.90. The van der Waals surface area contributed by atoms with Gasteiger partial charge in [-0.3, -0.25) is 4.68 Å². The maximum atomic E-state index is 5.13. The Hall–Kier alpha value is -1.55. The Morgan fingerprint density at radius 3 is 2.94 bits per heavy atom. The number of hydrogen-bond donors (Lipinski definition) is 1. The lowest BCUT2D eigenvalue weighted by molar-refractivity contribution is 0.557. The van der Waals surface area contributed by atoms with E-state index in [9.17, 15) is 0 Å². The maximum Gasteiger partial charge on any atom is 0.0953 e. The van der Waals surface area contributed by atoms with Gasteiger partial charge in [0.05, 0.1) is 24.3 Å². The number of nitrogens with zero attached hydrogens (tertiary/aromatic N) is 2. The smallest absolute Gasteiger partial charge is 0.0953 e. The van der Waals surface area contributed by atoms with Crippen LogP contribution in [0.5, 0.6) is 0 Å². The van der Waals surface area contributed by atoms with Gasteiger partial charge in [0, 0.05) is 24.4 Å². The van der Waals surface area contributed by atoms with Gasteiger partial charge in [-0.25, -0.2) is 0 Å². The van der Waals surface area contributed by atoms with Crippen LogP contribution in [0, 0.1) is 0 Å². The number of furan rings is 1. The molecule has 1 N–H and O–H groups in total. The highest BCUT2D eigenvalue weighted by molar-refractivity contribution is 5.31. The van der Waals surface area contributed by atoms with E-state index in [0.29, 0.717) is 0 Å². The van der Waals surface area contributed by atoms with Gasteiger partial charge in [0.2, 0.25) is 0 Å². The lowest BCUT2D eigenvalue weighted by Crippen LogP contribution is -2.17. The average Bonchev–Trinajstić information content (AvgIpc) is 2.89. The molecule has 4 nitrogen and oxygen atoms in total. The fourth-order valence-corrected chi connectivity index (χ4v) is 2.01. The SMILES string of the molecule is CCc1nn(C)cc1C(NC)c1ccoc1. The van der Waals surface area contributed by atoms with Gasteiger partial charge in [-0.2, -0.15) is 5.10 Å². The lowest BCUT2D eigenvalue weighted by Gasteiger charge is -2.13. The molecule has 0 aromatic carbocycles. The number of rotatable bonds is 4. The third kappa shape index (κ3) is 1.88. The molecule has 2 aromatic rings. The molecule has 2 heterocycles. The summed E-state index contributed by atoms with van der Waals surface area (Å²) in [6, 6.07) is 2.13. The molecule has 2 rings (SSSR count). The summed E-state index contributed by atoms with van der Waals surface area (Å²) in [5, 5.41) is 7.75. The summed E-state index contributed by atoms with van der Waals surface area (Å²) in [4.78, 5) is 0. The van der Waals surface area contributed by atoms with Crippen LogP contribution in [0.2, 0.25) is 0 Å². The average molecular weight is 219 g/mol. The van der Waals surface area contributed by atoms with Crippen molar-refractivity contribution in [1.29, 1.82) is 0 Å². The number of nitrogens with one attached hydrogen (secondary N) is 1. The van der Waals surface area contributed by atoms with Crippen LogP contribution in [0.25, 0.3) is 0 Å². The Balaban J connectivity index is 2.40. The minimum Gasteiger partial charge on any atom is -0.472 e. The second kappa shape index (κ2) is 4.53. The van der Waals surface area contributed by atoms with E-state index in [1.807, 2.05) is 24.8 Å². The Labute approximate surface area is 95.3 Å². The summed E-state index contributed by atoms with van der Waals surface area (Å²) in [6.45, 7) is 2.12. The minimum atomic E-state index is 0.155. The molecule has 0 aliphatic heterocycles. The van der Waals surface area contributed by atoms with Crippen LogP contribution in [0.15, 0.2) is 29.2 Å². The van der Waals surface area contributed by atoms with E-state index in [-0.39, 0.29) is 6.04 Å². The first kappa shape index (κ1) is 11.0. The molecule has 86 valence electrons. The van der Waals surface area contributed by atoms with Crippen molar-refractivity contribution in [2.45, 2.75) is 19.4 Å². The second-order valence-corrected chi connectivity index (χ2v) is 3.84. The van der Waals surface area contributed by atoms with Crippen LogP contribution in [0.1, 0.15) is 29.8 Å². The monoisotopic (exact) mass is 219 g/mol. The van der Waals surface area contributed by atoms with Crippen LogP contribution >= 0.6 is 0 Å². The fourth-order valence-electron chi connectivity index (χ4n) is 2.01. The summed E-state index contributed by atoms with van der Waals surface area (Å²) < 4.78 is 6.99. The quantitative estimate of drug-likeness (QED) is 0.853. The van der Waals surface area contributed by atoms with E-state index in [1.165, 1.54) is 5.56 Å². The van der Waals surface area contributed by atoms with Crippen molar-refractivity contribution in [3.05, 3.63) is 41.6 Å². The molecule has 0 amide bonds. The molecule has 0 spiro atoms. The number of aromatic nitrogens is 2. The predicted molar refractivity (Wildman–Crippen MR) is 62.2 cm³/mol. The van der Waals surface area contributed by atoms with Gasteiger partial charge in [0.1, 0.15) is 0 Å². The fraction of sp³-hybridized carbons (Fsp3) is 0.417. The van der Waals surface area contributed by atoms with E-state index in [0.717, 1.165) is 17.7 Å². The molecule has 1 atom stereocenters. The van der Waals surface area contributed by atoms with E-state index in [1.54, 1.807) is 12.5 Å². The van der Waals surface area contributed by atoms with Crippen molar-refractivity contribution >= 4 is 0 Å². The molecule has 16 heavy (non-hydrogen) atoms. The third-order valence-corrected chi connectivity index (χ3v) is 2.75. The van der Waals surface area contributed by atoms with Crippen LogP contribution in [-0.4, -0.2) is 16.8 Å². The van der Waals surface area contributed by atoms with Crippen molar-refractivity contribution in [3.63, 3.8) is 0 Å². The highest BCUT2D eigenvalue weighted by Gasteiger charge is 2.18. The largest absolute Gasteiger partial charge is 0.472 e. The zero-order valence-electron chi connectivity index (χ0n) is 9.90. The van der Waals surface area contributed by atoms with Gasteiger partial charge < -0.3 is 9.73 Å². The van der Waals surface area contributed by atoms with Crippen LogP contribution in [0.4, 0.5) is 0 Å². The molecule has 0 fully saturated rings. The molecular formula is C12H17N3O. The first-order valence-electron chi connectivity index (χ1n) is 5.48. The van der Waals surface area contributed by atoms with Crippen molar-refractivity contribution in [2.75, 3.05) is 7.05 Å². The second-order valence-electron chi connectivity index (χ2n) is 3.84. The molecule has 0 saturated heterocycles. The summed E-state index contributed by atoms with van der Waals surface area (Å²) >= 11 is 0. The van der Waals surface area contributed by atoms with Gasteiger partial charge >= 0.3 is 0 Å². The molecular weight excluding hydrogens is 202 g/mol. The summed E-state index contributed by atoms with van der Waals surface area (Å²) in [5.74, 6) is 0. The van der Waals surface area contributed by atoms with Gasteiger partial charge in [-0.15, -0.1) is 0 Å². The highest BCUT2D eigenvalue weighted by Crippen LogP contribution is 2.24. The van der Waals surface area contributed by atoms with E-state index in [2.05, 4.69) is 23.5 Å². The van der Waals surface area contributed by atoms with Gasteiger partial charge in [-0.1, -0.05) is 6.92 Å². The Morgan fingerprint density at radius 1 is 1.56 bits per heavy atom. The molecule has 0 radical (unpaired) electrons. The van der Waals surface area contributed by atoms with Crippen molar-refractivity contribution in [2.24, 2.45) is 7.05 Å². The normalized spacial score (nSPS) is 12.9. The summed E-state index contributed by atoms with van der Waals surface area (Å²) in [6.07, 6.45) is 6.47. The number of hydrogen-bond acceptors (Lipinski definition) is 3.